The second kappa shape index (κ2) is 3.67. The molecular weight excluding hydrogens is 210 g/mol. The highest BCUT2D eigenvalue weighted by molar-refractivity contribution is 6.04. The van der Waals surface area contributed by atoms with Crippen LogP contribution in [0, 0.1) is 6.07 Å². The van der Waals surface area contributed by atoms with Crippen molar-refractivity contribution in [2.45, 2.75) is 5.41 Å². The number of fused-ring (bicyclic) bond motifs is 1. The standard InChI is InChI=1S/C15H10NO/c17-11-15(12-6-2-1-3-7-12)10-16-14-9-5-4-8-13(14)15/h2-11H. The third kappa shape index (κ3) is 1.34. The summed E-state index contributed by atoms with van der Waals surface area (Å²) in [6.07, 6.45) is 2.68. The monoisotopic (exact) mass is 220 g/mol. The lowest BCUT2D eigenvalue weighted by Gasteiger charge is -2.21. The predicted octanol–water partition coefficient (Wildman–Crippen LogP) is 2.69. The average Bonchev–Trinajstić information content (AvgIpc) is 2.80. The molecule has 1 atom stereocenters. The van der Waals surface area contributed by atoms with Gasteiger partial charge in [0.05, 0.1) is 5.69 Å². The van der Waals surface area contributed by atoms with Crippen molar-refractivity contribution in [3.8, 4) is 0 Å². The first kappa shape index (κ1) is 9.97. The van der Waals surface area contributed by atoms with E-state index in [-0.39, 0.29) is 0 Å². The summed E-state index contributed by atoms with van der Waals surface area (Å²) in [6, 6.07) is 18.1. The highest BCUT2D eigenvalue weighted by Crippen LogP contribution is 2.39. The quantitative estimate of drug-likeness (QED) is 0.715. The van der Waals surface area contributed by atoms with Crippen LogP contribution in [0.1, 0.15) is 11.1 Å². The number of rotatable bonds is 2. The molecule has 1 heterocycles. The van der Waals surface area contributed by atoms with Gasteiger partial charge in [0, 0.05) is 11.8 Å². The molecule has 3 rings (SSSR count). The van der Waals surface area contributed by atoms with Gasteiger partial charge in [0.15, 0.2) is 0 Å². The van der Waals surface area contributed by atoms with Crippen molar-refractivity contribution in [3.05, 3.63) is 65.7 Å². The number of aliphatic imine (C=N–C) groups is 1. The van der Waals surface area contributed by atoms with Gasteiger partial charge in [-0.2, -0.15) is 0 Å². The van der Waals surface area contributed by atoms with Crippen LogP contribution in [0.4, 0.5) is 5.69 Å². The van der Waals surface area contributed by atoms with Crippen LogP contribution in [-0.2, 0) is 10.2 Å². The van der Waals surface area contributed by atoms with Gasteiger partial charge in [0.1, 0.15) is 11.7 Å². The van der Waals surface area contributed by atoms with E-state index in [9.17, 15) is 4.79 Å². The van der Waals surface area contributed by atoms with Crippen LogP contribution in [0.25, 0.3) is 0 Å². The number of hydrogen-bond donors (Lipinski definition) is 0. The van der Waals surface area contributed by atoms with Crippen LogP contribution in [0.3, 0.4) is 0 Å². The van der Waals surface area contributed by atoms with Gasteiger partial charge < -0.3 is 4.79 Å². The van der Waals surface area contributed by atoms with Crippen LogP contribution >= 0.6 is 0 Å². The smallest absolute Gasteiger partial charge is 0.140 e. The molecule has 1 radical (unpaired) electrons. The molecule has 0 saturated carbocycles. The SMILES string of the molecule is O=CC1(c2cc[c]cc2)C=Nc2ccccc21. The molecule has 17 heavy (non-hydrogen) atoms. The fourth-order valence-corrected chi connectivity index (χ4v) is 2.23. The van der Waals surface area contributed by atoms with E-state index in [1.807, 2.05) is 48.5 Å². The van der Waals surface area contributed by atoms with Crippen molar-refractivity contribution < 1.29 is 4.79 Å². The second-order valence-corrected chi connectivity index (χ2v) is 4.05. The molecule has 1 aliphatic rings. The van der Waals surface area contributed by atoms with E-state index in [2.05, 4.69) is 11.1 Å². The summed E-state index contributed by atoms with van der Waals surface area (Å²) in [6.45, 7) is 0. The zero-order chi connectivity index (χ0) is 11.7. The number of carbonyl (C=O) groups is 1. The molecule has 0 amide bonds. The van der Waals surface area contributed by atoms with Gasteiger partial charge in [-0.15, -0.1) is 0 Å². The summed E-state index contributed by atoms with van der Waals surface area (Å²) in [4.78, 5) is 15.9. The number of benzene rings is 2. The average molecular weight is 220 g/mol. The fourth-order valence-electron chi connectivity index (χ4n) is 2.23. The Morgan fingerprint density at radius 1 is 1.12 bits per heavy atom. The lowest BCUT2D eigenvalue weighted by Crippen LogP contribution is -2.28. The van der Waals surface area contributed by atoms with E-state index in [1.54, 1.807) is 6.21 Å². The molecule has 2 aromatic rings. The largest absolute Gasteiger partial charge is 0.302 e. The maximum absolute atomic E-state index is 11.6. The first-order valence-corrected chi connectivity index (χ1v) is 5.44. The number of hydrogen-bond acceptors (Lipinski definition) is 2. The first-order chi connectivity index (χ1) is 8.37. The van der Waals surface area contributed by atoms with Crippen LogP contribution in [0.5, 0.6) is 0 Å². The Morgan fingerprint density at radius 2 is 1.88 bits per heavy atom. The summed E-state index contributed by atoms with van der Waals surface area (Å²) < 4.78 is 0. The number of para-hydroxylation sites is 1. The van der Waals surface area contributed by atoms with E-state index in [0.717, 1.165) is 23.1 Å². The van der Waals surface area contributed by atoms with Crippen LogP contribution < -0.4 is 0 Å². The van der Waals surface area contributed by atoms with E-state index in [4.69, 9.17) is 0 Å². The Kier molecular flexibility index (Phi) is 2.15. The van der Waals surface area contributed by atoms with E-state index in [0.29, 0.717) is 0 Å². The third-order valence-electron chi connectivity index (χ3n) is 3.14. The maximum atomic E-state index is 11.6. The molecular formula is C15H10NO. The number of carbonyl (C=O) groups excluding carboxylic acids is 1. The summed E-state index contributed by atoms with van der Waals surface area (Å²) >= 11 is 0. The van der Waals surface area contributed by atoms with Crippen LogP contribution in [-0.4, -0.2) is 12.5 Å². The summed E-state index contributed by atoms with van der Waals surface area (Å²) in [5.74, 6) is 0. The number of aldehydes is 1. The molecule has 2 aromatic carbocycles. The van der Waals surface area contributed by atoms with Gasteiger partial charge in [-0.05, 0) is 17.7 Å². The highest BCUT2D eigenvalue weighted by atomic mass is 16.1. The fraction of sp³-hybridized carbons (Fsp3) is 0.0667. The van der Waals surface area contributed by atoms with E-state index in [1.165, 1.54) is 0 Å². The van der Waals surface area contributed by atoms with Gasteiger partial charge >= 0.3 is 0 Å². The Bertz CT molecular complexity index is 589. The van der Waals surface area contributed by atoms with Crippen LogP contribution in [0.15, 0.2) is 53.5 Å². The zero-order valence-corrected chi connectivity index (χ0v) is 9.13. The van der Waals surface area contributed by atoms with Crippen LogP contribution in [0.2, 0.25) is 0 Å². The molecule has 0 fully saturated rings. The van der Waals surface area contributed by atoms with Crippen molar-refractivity contribution in [3.63, 3.8) is 0 Å². The second-order valence-electron chi connectivity index (χ2n) is 4.05. The van der Waals surface area contributed by atoms with E-state index < -0.39 is 5.41 Å². The third-order valence-corrected chi connectivity index (χ3v) is 3.14. The highest BCUT2D eigenvalue weighted by Gasteiger charge is 2.37. The predicted molar refractivity (Wildman–Crippen MR) is 66.7 cm³/mol. The molecule has 2 nitrogen and oxygen atoms in total. The molecule has 0 aromatic heterocycles. The van der Waals surface area contributed by atoms with Crippen molar-refractivity contribution in [1.82, 2.24) is 0 Å². The first-order valence-electron chi connectivity index (χ1n) is 5.44. The van der Waals surface area contributed by atoms with Crippen molar-refractivity contribution in [2.75, 3.05) is 0 Å². The molecule has 0 bridgehead atoms. The summed E-state index contributed by atoms with van der Waals surface area (Å²) in [7, 11) is 0. The van der Waals surface area contributed by atoms with Crippen molar-refractivity contribution in [2.24, 2.45) is 4.99 Å². The zero-order valence-electron chi connectivity index (χ0n) is 9.13. The van der Waals surface area contributed by atoms with Crippen molar-refractivity contribution in [1.29, 1.82) is 0 Å². The summed E-state index contributed by atoms with van der Waals surface area (Å²) in [5.41, 5.74) is 2.01. The molecule has 0 aliphatic carbocycles. The van der Waals surface area contributed by atoms with E-state index >= 15 is 0 Å². The van der Waals surface area contributed by atoms with Gasteiger partial charge in [-0.25, -0.2) is 0 Å². The topological polar surface area (TPSA) is 29.4 Å². The molecule has 81 valence electrons. The Labute approximate surface area is 99.6 Å². The summed E-state index contributed by atoms with van der Waals surface area (Å²) in [5, 5.41) is 0. The minimum Gasteiger partial charge on any atom is -0.302 e. The Hall–Kier alpha value is -2.22. The minimum absolute atomic E-state index is 0.730. The van der Waals surface area contributed by atoms with Crippen molar-refractivity contribution >= 4 is 18.2 Å². The van der Waals surface area contributed by atoms with Gasteiger partial charge in [-0.1, -0.05) is 42.5 Å². The Balaban J connectivity index is 2.25. The lowest BCUT2D eigenvalue weighted by molar-refractivity contribution is -0.109. The minimum atomic E-state index is -0.730. The normalized spacial score (nSPS) is 21.2. The maximum Gasteiger partial charge on any atom is 0.140 e. The van der Waals surface area contributed by atoms with Gasteiger partial charge in [-0.3, -0.25) is 4.99 Å². The van der Waals surface area contributed by atoms with Gasteiger partial charge in [0.2, 0.25) is 0 Å². The lowest BCUT2D eigenvalue weighted by atomic mass is 9.78. The molecule has 1 aliphatic heterocycles. The molecule has 0 spiro atoms. The van der Waals surface area contributed by atoms with Gasteiger partial charge in [0.25, 0.3) is 0 Å². The molecule has 2 heteroatoms. The molecule has 0 saturated heterocycles. The Morgan fingerprint density at radius 3 is 2.65 bits per heavy atom. The number of nitrogens with zero attached hydrogens (tertiary/aromatic N) is 1. The molecule has 0 N–H and O–H groups in total. The molecule has 1 unspecified atom stereocenters.